The molecule has 0 spiro atoms. The Bertz CT molecular complexity index is 3810. The van der Waals surface area contributed by atoms with Crippen molar-refractivity contribution in [3.8, 4) is 11.1 Å². The van der Waals surface area contributed by atoms with Gasteiger partial charge >= 0.3 is 6.71 Å². The van der Waals surface area contributed by atoms with E-state index < -0.39 is 0 Å². The Labute approximate surface area is 452 Å². The highest BCUT2D eigenvalue weighted by atomic mass is 16.3. The maximum atomic E-state index is 7.55. The second kappa shape index (κ2) is 16.3. The molecule has 2 atom stereocenters. The molecule has 1 aliphatic carbocycles. The highest BCUT2D eigenvalue weighted by molar-refractivity contribution is 6.99. The van der Waals surface area contributed by atoms with E-state index in [0.717, 1.165) is 80.2 Å². The minimum absolute atomic E-state index is 0.0189. The second-order valence-corrected chi connectivity index (χ2v) is 27.4. The van der Waals surface area contributed by atoms with E-state index in [9.17, 15) is 0 Å². The summed E-state index contributed by atoms with van der Waals surface area (Å²) in [6.07, 6.45) is 4.66. The maximum Gasteiger partial charge on any atom is 0.342 e. The molecule has 0 bridgehead atoms. The van der Waals surface area contributed by atoms with Crippen molar-refractivity contribution >= 4 is 90.9 Å². The smallest absolute Gasteiger partial charge is 0.342 e. The molecular formula is C70H74BN3O2. The highest BCUT2D eigenvalue weighted by Crippen LogP contribution is 2.62. The summed E-state index contributed by atoms with van der Waals surface area (Å²) in [7, 11) is 0. The number of rotatable bonds is 4. The van der Waals surface area contributed by atoms with Gasteiger partial charge in [0.25, 0.3) is 0 Å². The summed E-state index contributed by atoms with van der Waals surface area (Å²) in [5.41, 5.74) is 22.3. The third kappa shape index (κ3) is 7.10. The average molecular weight is 1000 g/mol. The monoisotopic (exact) mass is 1000 g/mol. The molecule has 1 saturated carbocycles. The van der Waals surface area contributed by atoms with Gasteiger partial charge < -0.3 is 23.5 Å². The van der Waals surface area contributed by atoms with Crippen LogP contribution in [0.3, 0.4) is 0 Å². The van der Waals surface area contributed by atoms with E-state index in [4.69, 9.17) is 8.83 Å². The van der Waals surface area contributed by atoms with Crippen LogP contribution < -0.4 is 31.5 Å². The number of anilines is 8. The Morgan fingerprint density at radius 1 is 0.447 bits per heavy atom. The van der Waals surface area contributed by atoms with Gasteiger partial charge in [-0.1, -0.05) is 182 Å². The third-order valence-corrected chi connectivity index (χ3v) is 18.4. The molecule has 9 aromatic rings. The number of furan rings is 2. The van der Waals surface area contributed by atoms with Crippen LogP contribution in [0.1, 0.15) is 150 Å². The van der Waals surface area contributed by atoms with Gasteiger partial charge in [-0.25, -0.2) is 0 Å². The summed E-state index contributed by atoms with van der Waals surface area (Å²) < 4.78 is 15.1. The zero-order valence-corrected chi connectivity index (χ0v) is 47.4. The van der Waals surface area contributed by atoms with Gasteiger partial charge in [0.05, 0.1) is 22.6 Å². The van der Waals surface area contributed by atoms with Crippen LogP contribution in [-0.2, 0) is 27.1 Å². The molecule has 7 aromatic carbocycles. The van der Waals surface area contributed by atoms with Gasteiger partial charge in [-0.05, 0) is 147 Å². The van der Waals surface area contributed by atoms with Gasteiger partial charge in [-0.15, -0.1) is 0 Å². The third-order valence-electron chi connectivity index (χ3n) is 18.4. The van der Waals surface area contributed by atoms with Crippen molar-refractivity contribution in [2.45, 2.75) is 155 Å². The Hall–Kier alpha value is -6.92. The van der Waals surface area contributed by atoms with E-state index in [1.54, 1.807) is 0 Å². The molecular weight excluding hydrogens is 926 g/mol. The molecule has 0 radical (unpaired) electrons. The van der Waals surface area contributed by atoms with Crippen LogP contribution in [0, 0.1) is 0 Å². The molecule has 13 rings (SSSR count). The minimum Gasteiger partial charge on any atom is -0.468 e. The molecule has 2 unspecified atom stereocenters. The predicted octanol–water partition coefficient (Wildman–Crippen LogP) is 17.9. The first-order chi connectivity index (χ1) is 36.0. The van der Waals surface area contributed by atoms with Crippen LogP contribution in [0.2, 0.25) is 0 Å². The molecule has 5 nitrogen and oxygen atoms in total. The van der Waals surface area contributed by atoms with Crippen LogP contribution >= 0.6 is 0 Å². The van der Waals surface area contributed by atoms with E-state index in [0.29, 0.717) is 0 Å². The number of fused-ring (bicyclic) bond motifs is 11. The minimum atomic E-state index is -0.364. The van der Waals surface area contributed by atoms with Crippen LogP contribution in [-0.4, -0.2) is 12.3 Å². The van der Waals surface area contributed by atoms with Crippen molar-refractivity contribution < 1.29 is 8.83 Å². The van der Waals surface area contributed by atoms with Crippen molar-refractivity contribution in [3.05, 3.63) is 173 Å². The fraction of sp³-hybridized carbons (Fsp3) is 0.343. The van der Waals surface area contributed by atoms with Crippen molar-refractivity contribution in [1.82, 2.24) is 0 Å². The molecule has 384 valence electrons. The topological polar surface area (TPSA) is 36.0 Å². The number of benzene rings is 7. The number of nitrogens with zero attached hydrogens (tertiary/aromatic N) is 3. The lowest BCUT2D eigenvalue weighted by atomic mass is 9.37. The Kier molecular flexibility index (Phi) is 10.4. The van der Waals surface area contributed by atoms with Crippen molar-refractivity contribution in [3.63, 3.8) is 0 Å². The summed E-state index contributed by atoms with van der Waals surface area (Å²) in [6, 6.07) is 55.8. The molecule has 0 amide bonds. The molecule has 6 heteroatoms. The van der Waals surface area contributed by atoms with Crippen LogP contribution in [0.25, 0.3) is 33.1 Å². The first kappa shape index (κ1) is 48.7. The molecule has 4 aliphatic rings. The lowest BCUT2D eigenvalue weighted by molar-refractivity contribution is 0.195. The van der Waals surface area contributed by atoms with Gasteiger partial charge in [-0.3, -0.25) is 0 Å². The fourth-order valence-corrected chi connectivity index (χ4v) is 13.8. The van der Waals surface area contributed by atoms with E-state index in [1.165, 1.54) is 68.6 Å². The van der Waals surface area contributed by atoms with Crippen LogP contribution in [0.5, 0.6) is 0 Å². The van der Waals surface area contributed by atoms with Gasteiger partial charge in [0.15, 0.2) is 0 Å². The molecule has 0 saturated heterocycles. The zero-order chi connectivity index (χ0) is 53.2. The van der Waals surface area contributed by atoms with E-state index in [1.807, 2.05) is 0 Å². The summed E-state index contributed by atoms with van der Waals surface area (Å²) in [4.78, 5) is 7.94. The SMILES string of the molecule is CC(C)(C)c1ccc(N2c3cc(N4c5ccccc5C5(C)CCCCC45C)cc4c3B(c3oc5ccc(C(C)(C)C)cc5c32)c2oc3ccc(C(C)(C)C)cc3c2N4c2ccc(C(C)(C)C)cc2-c2ccccc2)cc1. The summed E-state index contributed by atoms with van der Waals surface area (Å²) in [5.74, 6) is 0. The molecule has 76 heavy (non-hydrogen) atoms. The molecule has 3 aliphatic heterocycles. The molecule has 0 N–H and O–H groups in total. The first-order valence-electron chi connectivity index (χ1n) is 28.1. The highest BCUT2D eigenvalue weighted by Gasteiger charge is 2.58. The maximum absolute atomic E-state index is 7.55. The average Bonchev–Trinajstić information content (AvgIpc) is 4.15. The van der Waals surface area contributed by atoms with Crippen LogP contribution in [0.15, 0.2) is 154 Å². The second-order valence-electron chi connectivity index (χ2n) is 27.4. The van der Waals surface area contributed by atoms with Gasteiger partial charge in [-0.2, -0.15) is 0 Å². The van der Waals surface area contributed by atoms with Gasteiger partial charge in [0, 0.05) is 50.2 Å². The van der Waals surface area contributed by atoms with Crippen molar-refractivity contribution in [1.29, 1.82) is 0 Å². The predicted molar refractivity (Wildman–Crippen MR) is 323 cm³/mol. The lowest BCUT2D eigenvalue weighted by Crippen LogP contribution is -2.60. The zero-order valence-electron chi connectivity index (χ0n) is 47.4. The largest absolute Gasteiger partial charge is 0.468 e. The van der Waals surface area contributed by atoms with E-state index in [-0.39, 0.29) is 39.3 Å². The first-order valence-corrected chi connectivity index (χ1v) is 28.1. The van der Waals surface area contributed by atoms with Crippen molar-refractivity contribution in [2.24, 2.45) is 0 Å². The number of para-hydroxylation sites is 1. The Morgan fingerprint density at radius 2 is 0.947 bits per heavy atom. The summed E-state index contributed by atoms with van der Waals surface area (Å²) in [5, 5.41) is 2.21. The lowest BCUT2D eigenvalue weighted by Gasteiger charge is -2.51. The fourth-order valence-electron chi connectivity index (χ4n) is 13.8. The van der Waals surface area contributed by atoms with Crippen molar-refractivity contribution in [2.75, 3.05) is 14.7 Å². The Morgan fingerprint density at radius 3 is 1.54 bits per heavy atom. The van der Waals surface area contributed by atoms with Gasteiger partial charge in [0.2, 0.25) is 0 Å². The number of hydrogen-bond acceptors (Lipinski definition) is 5. The summed E-state index contributed by atoms with van der Waals surface area (Å²) >= 11 is 0. The molecule has 1 fully saturated rings. The van der Waals surface area contributed by atoms with Crippen LogP contribution in [0.4, 0.5) is 45.5 Å². The molecule has 5 heterocycles. The number of hydrogen-bond donors (Lipinski definition) is 0. The quantitative estimate of drug-likeness (QED) is 0.164. The normalized spacial score (nSPS) is 19.2. The Balaban J connectivity index is 1.22. The standard InChI is InChI=1S/C70H74BN3O2/c1-65(2,3)44-26-31-48(32-27-44)72-56-41-49(74-55-25-19-18-24-53(55)69(13)36-20-21-37-70(69,74)14)42-57-60(56)71(63-61(72)51-39-46(67(7,8)9)29-34-58(51)75-63)64-62(52-40-47(68(10,11)12)30-35-59(52)76-64)73(57)54-33-28-45(66(4,5)6)38-50(54)43-22-16-15-17-23-43/h15-19,22-35,38-42H,20-21,36-37H2,1-14H3. The summed E-state index contributed by atoms with van der Waals surface area (Å²) in [6.45, 7) is 32.5. The van der Waals surface area contributed by atoms with E-state index >= 15 is 0 Å². The molecule has 2 aromatic heterocycles. The van der Waals surface area contributed by atoms with E-state index in [2.05, 4.69) is 257 Å². The van der Waals surface area contributed by atoms with Gasteiger partial charge in [0.1, 0.15) is 22.5 Å².